The molecule has 1 saturated carbocycles. The van der Waals surface area contributed by atoms with Gasteiger partial charge in [-0.25, -0.2) is 8.78 Å². The first-order chi connectivity index (χ1) is 9.08. The summed E-state index contributed by atoms with van der Waals surface area (Å²) in [4.78, 5) is 0. The number of likely N-dealkylation sites (N-methyl/N-ethyl adjacent to an activating group) is 1. The highest BCUT2D eigenvalue weighted by molar-refractivity contribution is 5.24. The second-order valence-electron chi connectivity index (χ2n) is 5.34. The van der Waals surface area contributed by atoms with Crippen LogP contribution in [0.4, 0.5) is 8.78 Å². The van der Waals surface area contributed by atoms with Crippen LogP contribution in [0.3, 0.4) is 0 Å². The lowest BCUT2D eigenvalue weighted by atomic mass is 9.85. The van der Waals surface area contributed by atoms with Crippen molar-refractivity contribution in [2.75, 3.05) is 6.54 Å². The van der Waals surface area contributed by atoms with E-state index in [2.05, 4.69) is 19.2 Å². The molecule has 2 rings (SSSR count). The molecule has 1 N–H and O–H groups in total. The summed E-state index contributed by atoms with van der Waals surface area (Å²) >= 11 is 0. The first-order valence-electron chi connectivity index (χ1n) is 6.94. The van der Waals surface area contributed by atoms with Gasteiger partial charge in [0.15, 0.2) is 0 Å². The van der Waals surface area contributed by atoms with E-state index in [1.807, 2.05) is 0 Å². The standard InChI is InChI=1S/C15H21F2NO/c1-3-18-14-5-4-10(2)6-15(14)19-13-8-11(16)7-12(17)9-13/h7-10,14-15,18H,3-6H2,1-2H3. The average Bonchev–Trinajstić information content (AvgIpc) is 2.31. The maximum Gasteiger partial charge on any atom is 0.129 e. The van der Waals surface area contributed by atoms with E-state index in [1.165, 1.54) is 12.1 Å². The van der Waals surface area contributed by atoms with Crippen LogP contribution >= 0.6 is 0 Å². The molecule has 4 heteroatoms. The highest BCUT2D eigenvalue weighted by Crippen LogP contribution is 2.28. The monoisotopic (exact) mass is 269 g/mol. The van der Waals surface area contributed by atoms with E-state index < -0.39 is 11.6 Å². The van der Waals surface area contributed by atoms with E-state index >= 15 is 0 Å². The normalized spacial score (nSPS) is 27.3. The summed E-state index contributed by atoms with van der Waals surface area (Å²) in [6.45, 7) is 5.11. The van der Waals surface area contributed by atoms with Gasteiger partial charge < -0.3 is 10.1 Å². The molecule has 1 aromatic carbocycles. The first kappa shape index (κ1) is 14.3. The van der Waals surface area contributed by atoms with Gasteiger partial charge in [0.25, 0.3) is 0 Å². The molecule has 1 aliphatic rings. The second-order valence-corrected chi connectivity index (χ2v) is 5.34. The van der Waals surface area contributed by atoms with Crippen LogP contribution in [0, 0.1) is 17.6 Å². The Labute approximate surface area is 113 Å². The van der Waals surface area contributed by atoms with Gasteiger partial charge in [0.1, 0.15) is 23.5 Å². The van der Waals surface area contributed by atoms with Crippen molar-refractivity contribution in [2.24, 2.45) is 5.92 Å². The number of nitrogens with one attached hydrogen (secondary N) is 1. The third-order valence-corrected chi connectivity index (χ3v) is 3.64. The van der Waals surface area contributed by atoms with Crippen molar-refractivity contribution in [1.29, 1.82) is 0 Å². The maximum atomic E-state index is 13.2. The number of rotatable bonds is 4. The zero-order valence-electron chi connectivity index (χ0n) is 11.5. The lowest BCUT2D eigenvalue weighted by molar-refractivity contribution is 0.0910. The van der Waals surface area contributed by atoms with Crippen LogP contribution in [-0.2, 0) is 0 Å². The van der Waals surface area contributed by atoms with Gasteiger partial charge in [0, 0.05) is 24.2 Å². The summed E-state index contributed by atoms with van der Waals surface area (Å²) in [5.41, 5.74) is 0. The lowest BCUT2D eigenvalue weighted by Gasteiger charge is -2.35. The zero-order chi connectivity index (χ0) is 13.8. The van der Waals surface area contributed by atoms with Crippen LogP contribution in [-0.4, -0.2) is 18.7 Å². The van der Waals surface area contributed by atoms with Gasteiger partial charge in [-0.2, -0.15) is 0 Å². The summed E-state index contributed by atoms with van der Waals surface area (Å²) in [5.74, 6) is -0.337. The Morgan fingerprint density at radius 2 is 1.89 bits per heavy atom. The van der Waals surface area contributed by atoms with Gasteiger partial charge >= 0.3 is 0 Å². The van der Waals surface area contributed by atoms with Gasteiger partial charge in [-0.1, -0.05) is 13.8 Å². The van der Waals surface area contributed by atoms with E-state index in [0.29, 0.717) is 5.92 Å². The number of benzene rings is 1. The predicted molar refractivity (Wildman–Crippen MR) is 71.3 cm³/mol. The van der Waals surface area contributed by atoms with Gasteiger partial charge in [-0.15, -0.1) is 0 Å². The molecule has 1 aromatic rings. The van der Waals surface area contributed by atoms with Gasteiger partial charge in [0.2, 0.25) is 0 Å². The molecule has 0 saturated heterocycles. The van der Waals surface area contributed by atoms with E-state index in [9.17, 15) is 8.78 Å². The number of hydrogen-bond donors (Lipinski definition) is 1. The van der Waals surface area contributed by atoms with Crippen LogP contribution < -0.4 is 10.1 Å². The van der Waals surface area contributed by atoms with E-state index in [1.54, 1.807) is 0 Å². The molecular weight excluding hydrogens is 248 g/mol. The van der Waals surface area contributed by atoms with Crippen molar-refractivity contribution in [3.05, 3.63) is 29.8 Å². The van der Waals surface area contributed by atoms with Crippen LogP contribution in [0.2, 0.25) is 0 Å². The number of ether oxygens (including phenoxy) is 1. The SMILES string of the molecule is CCNC1CCC(C)CC1Oc1cc(F)cc(F)c1. The quantitative estimate of drug-likeness (QED) is 0.903. The number of halogens is 2. The predicted octanol–water partition coefficient (Wildman–Crippen LogP) is 3.51. The zero-order valence-corrected chi connectivity index (χ0v) is 11.5. The summed E-state index contributed by atoms with van der Waals surface area (Å²) in [6.07, 6.45) is 3.09. The molecule has 1 aliphatic carbocycles. The van der Waals surface area contributed by atoms with Gasteiger partial charge in [0.05, 0.1) is 0 Å². The van der Waals surface area contributed by atoms with E-state index in [-0.39, 0.29) is 17.9 Å². The molecule has 106 valence electrons. The van der Waals surface area contributed by atoms with Crippen molar-refractivity contribution in [1.82, 2.24) is 5.32 Å². The highest BCUT2D eigenvalue weighted by atomic mass is 19.1. The molecule has 0 aliphatic heterocycles. The summed E-state index contributed by atoms with van der Waals surface area (Å²) in [5, 5.41) is 3.39. The van der Waals surface area contributed by atoms with Crippen LogP contribution in [0.1, 0.15) is 33.1 Å². The molecule has 0 aromatic heterocycles. The smallest absolute Gasteiger partial charge is 0.129 e. The van der Waals surface area contributed by atoms with Crippen molar-refractivity contribution >= 4 is 0 Å². The molecule has 0 radical (unpaired) electrons. The van der Waals surface area contributed by atoms with Crippen LogP contribution in [0.15, 0.2) is 18.2 Å². The second kappa shape index (κ2) is 6.33. The molecule has 0 amide bonds. The average molecular weight is 269 g/mol. The minimum Gasteiger partial charge on any atom is -0.489 e. The van der Waals surface area contributed by atoms with E-state index in [0.717, 1.165) is 31.9 Å². The van der Waals surface area contributed by atoms with E-state index in [4.69, 9.17) is 4.74 Å². The molecule has 3 atom stereocenters. The van der Waals surface area contributed by atoms with Crippen LogP contribution in [0.5, 0.6) is 5.75 Å². The third-order valence-electron chi connectivity index (χ3n) is 3.64. The molecule has 19 heavy (non-hydrogen) atoms. The molecule has 0 bridgehead atoms. The minimum atomic E-state index is -0.598. The topological polar surface area (TPSA) is 21.3 Å². The fourth-order valence-corrected chi connectivity index (χ4v) is 2.73. The molecule has 1 fully saturated rings. The Balaban J connectivity index is 2.09. The van der Waals surface area contributed by atoms with Crippen molar-refractivity contribution < 1.29 is 13.5 Å². The third kappa shape index (κ3) is 3.90. The minimum absolute atomic E-state index is 0.0232. The Kier molecular flexibility index (Phi) is 4.75. The summed E-state index contributed by atoms with van der Waals surface area (Å²) in [7, 11) is 0. The molecule has 2 nitrogen and oxygen atoms in total. The Bertz CT molecular complexity index is 404. The van der Waals surface area contributed by atoms with Crippen molar-refractivity contribution in [3.8, 4) is 5.75 Å². The lowest BCUT2D eigenvalue weighted by Crippen LogP contribution is -2.46. The number of hydrogen-bond acceptors (Lipinski definition) is 2. The van der Waals surface area contributed by atoms with Crippen molar-refractivity contribution in [2.45, 2.75) is 45.3 Å². The maximum absolute atomic E-state index is 13.2. The van der Waals surface area contributed by atoms with Gasteiger partial charge in [-0.05, 0) is 31.7 Å². The first-order valence-corrected chi connectivity index (χ1v) is 6.94. The molecule has 0 heterocycles. The van der Waals surface area contributed by atoms with Crippen molar-refractivity contribution in [3.63, 3.8) is 0 Å². The molecule has 3 unspecified atom stereocenters. The van der Waals surface area contributed by atoms with Gasteiger partial charge in [-0.3, -0.25) is 0 Å². The molecular formula is C15H21F2NO. The van der Waals surface area contributed by atoms with Crippen LogP contribution in [0.25, 0.3) is 0 Å². The Hall–Kier alpha value is -1.16. The Morgan fingerprint density at radius 1 is 1.21 bits per heavy atom. The summed E-state index contributed by atoms with van der Waals surface area (Å²) in [6, 6.07) is 3.60. The highest BCUT2D eigenvalue weighted by Gasteiger charge is 2.29. The fourth-order valence-electron chi connectivity index (χ4n) is 2.73. The molecule has 0 spiro atoms. The Morgan fingerprint density at radius 3 is 2.53 bits per heavy atom. The summed E-state index contributed by atoms with van der Waals surface area (Å²) < 4.78 is 32.1. The largest absolute Gasteiger partial charge is 0.489 e. The fraction of sp³-hybridized carbons (Fsp3) is 0.600.